The molecule has 1 aliphatic heterocycles. The van der Waals surface area contributed by atoms with E-state index in [1.807, 2.05) is 12.1 Å². The Balaban J connectivity index is 1.21. The van der Waals surface area contributed by atoms with Crippen LogP contribution in [0.4, 0.5) is 5.69 Å². The highest BCUT2D eigenvalue weighted by Crippen LogP contribution is 2.49. The molecule has 1 aromatic carbocycles. The van der Waals surface area contributed by atoms with Gasteiger partial charge in [0, 0.05) is 25.2 Å². The summed E-state index contributed by atoms with van der Waals surface area (Å²) in [6.45, 7) is 2.44. The molecule has 2 amide bonds. The van der Waals surface area contributed by atoms with Crippen LogP contribution in [-0.2, 0) is 14.3 Å². The van der Waals surface area contributed by atoms with Crippen LogP contribution < -0.4 is 10.1 Å². The highest BCUT2D eigenvalue weighted by atomic mass is 16.5. The number of rotatable bonds is 6. The fraction of sp³-hybridized carbons (Fsp3) is 0.619. The van der Waals surface area contributed by atoms with Crippen molar-refractivity contribution in [3.05, 3.63) is 24.3 Å². The lowest BCUT2D eigenvalue weighted by Crippen LogP contribution is -2.42. The monoisotopic (exact) mass is 372 g/mol. The zero-order valence-corrected chi connectivity index (χ0v) is 15.7. The van der Waals surface area contributed by atoms with Gasteiger partial charge in [0.15, 0.2) is 6.61 Å². The third kappa shape index (κ3) is 4.61. The number of fused-ring (bicyclic) bond motifs is 2. The molecule has 146 valence electrons. The van der Waals surface area contributed by atoms with E-state index in [1.54, 1.807) is 17.0 Å². The molecule has 1 aromatic rings. The summed E-state index contributed by atoms with van der Waals surface area (Å²) in [7, 11) is 0. The van der Waals surface area contributed by atoms with Gasteiger partial charge in [-0.3, -0.25) is 9.59 Å². The lowest BCUT2D eigenvalue weighted by Gasteiger charge is -2.26. The average Bonchev–Trinajstić information content (AvgIpc) is 3.31. The minimum atomic E-state index is -0.0264. The van der Waals surface area contributed by atoms with Crippen LogP contribution >= 0.6 is 0 Å². The standard InChI is InChI=1S/C21H28N2O4/c24-20(13-17-12-15-1-2-16(17)11-15)22-18-3-5-19(6-4-18)27-14-21(25)23-7-9-26-10-8-23/h3-6,15-17H,1-2,7-14H2,(H,22,24)/t15-,16+,17-/m0/s1. The minimum absolute atomic E-state index is 0.0238. The second kappa shape index (κ2) is 8.30. The molecule has 27 heavy (non-hydrogen) atoms. The Morgan fingerprint density at radius 1 is 1.11 bits per heavy atom. The molecule has 2 aliphatic carbocycles. The summed E-state index contributed by atoms with van der Waals surface area (Å²) in [5, 5.41) is 2.99. The molecule has 2 saturated carbocycles. The second-order valence-corrected chi connectivity index (χ2v) is 7.99. The van der Waals surface area contributed by atoms with Crippen molar-refractivity contribution in [1.29, 1.82) is 0 Å². The molecule has 0 aromatic heterocycles. The molecule has 2 bridgehead atoms. The summed E-state index contributed by atoms with van der Waals surface area (Å²) < 4.78 is 10.8. The summed E-state index contributed by atoms with van der Waals surface area (Å²) in [5.41, 5.74) is 0.773. The Morgan fingerprint density at radius 3 is 2.56 bits per heavy atom. The fourth-order valence-electron chi connectivity index (χ4n) is 4.76. The van der Waals surface area contributed by atoms with Crippen LogP contribution in [0.1, 0.15) is 32.1 Å². The maximum absolute atomic E-state index is 12.3. The van der Waals surface area contributed by atoms with Crippen molar-refractivity contribution in [2.24, 2.45) is 17.8 Å². The van der Waals surface area contributed by atoms with Crippen LogP contribution in [0.3, 0.4) is 0 Å². The molecule has 0 radical (unpaired) electrons. The zero-order valence-electron chi connectivity index (χ0n) is 15.7. The van der Waals surface area contributed by atoms with E-state index in [9.17, 15) is 9.59 Å². The van der Waals surface area contributed by atoms with Gasteiger partial charge in [0.25, 0.3) is 5.91 Å². The molecule has 0 spiro atoms. The number of hydrogen-bond donors (Lipinski definition) is 1. The number of nitrogens with zero attached hydrogens (tertiary/aromatic N) is 1. The third-order valence-corrected chi connectivity index (χ3v) is 6.20. The van der Waals surface area contributed by atoms with E-state index in [4.69, 9.17) is 9.47 Å². The van der Waals surface area contributed by atoms with E-state index >= 15 is 0 Å². The van der Waals surface area contributed by atoms with Crippen molar-refractivity contribution in [3.8, 4) is 5.75 Å². The van der Waals surface area contributed by atoms with Gasteiger partial charge in [-0.1, -0.05) is 6.42 Å². The van der Waals surface area contributed by atoms with Crippen LogP contribution in [-0.4, -0.2) is 49.6 Å². The molecule has 6 nitrogen and oxygen atoms in total. The van der Waals surface area contributed by atoms with Gasteiger partial charge in [-0.15, -0.1) is 0 Å². The molecule has 3 aliphatic rings. The van der Waals surface area contributed by atoms with Gasteiger partial charge < -0.3 is 19.7 Å². The van der Waals surface area contributed by atoms with Gasteiger partial charge in [-0.2, -0.15) is 0 Å². The highest BCUT2D eigenvalue weighted by molar-refractivity contribution is 5.91. The Hall–Kier alpha value is -2.08. The number of anilines is 1. The first-order valence-electron chi connectivity index (χ1n) is 10.1. The summed E-state index contributed by atoms with van der Waals surface area (Å²) in [6, 6.07) is 7.24. The van der Waals surface area contributed by atoms with Gasteiger partial charge >= 0.3 is 0 Å². The maximum Gasteiger partial charge on any atom is 0.260 e. The minimum Gasteiger partial charge on any atom is -0.484 e. The fourth-order valence-corrected chi connectivity index (χ4v) is 4.76. The van der Waals surface area contributed by atoms with Crippen LogP contribution in [0.15, 0.2) is 24.3 Å². The normalized spacial score (nSPS) is 26.8. The van der Waals surface area contributed by atoms with Crippen molar-refractivity contribution in [2.75, 3.05) is 38.2 Å². The van der Waals surface area contributed by atoms with E-state index in [0.717, 1.165) is 17.5 Å². The Labute approximate surface area is 160 Å². The Bertz CT molecular complexity index is 669. The van der Waals surface area contributed by atoms with Gasteiger partial charge in [-0.25, -0.2) is 0 Å². The predicted molar refractivity (Wildman–Crippen MR) is 102 cm³/mol. The second-order valence-electron chi connectivity index (χ2n) is 7.99. The largest absolute Gasteiger partial charge is 0.484 e. The number of ether oxygens (including phenoxy) is 2. The van der Waals surface area contributed by atoms with Crippen LogP contribution in [0.5, 0.6) is 5.75 Å². The average molecular weight is 372 g/mol. The van der Waals surface area contributed by atoms with Crippen molar-refractivity contribution in [1.82, 2.24) is 4.90 Å². The number of morpholine rings is 1. The quantitative estimate of drug-likeness (QED) is 0.834. The highest BCUT2D eigenvalue weighted by Gasteiger charge is 2.40. The molecule has 1 N–H and O–H groups in total. The molecule has 1 heterocycles. The van der Waals surface area contributed by atoms with Crippen molar-refractivity contribution < 1.29 is 19.1 Å². The summed E-state index contributed by atoms with van der Waals surface area (Å²) in [6.07, 6.45) is 5.85. The smallest absolute Gasteiger partial charge is 0.260 e. The third-order valence-electron chi connectivity index (χ3n) is 6.20. The van der Waals surface area contributed by atoms with Crippen LogP contribution in [0.2, 0.25) is 0 Å². The maximum atomic E-state index is 12.3. The number of benzene rings is 1. The SMILES string of the molecule is O=C(C[C@@H]1C[C@H]2CC[C@@H]1C2)Nc1ccc(OCC(=O)N2CCOCC2)cc1. The molecule has 4 rings (SSSR count). The van der Waals surface area contributed by atoms with Crippen molar-refractivity contribution in [2.45, 2.75) is 32.1 Å². The molecular weight excluding hydrogens is 344 g/mol. The van der Waals surface area contributed by atoms with Gasteiger partial charge in [-0.05, 0) is 61.3 Å². The molecular formula is C21H28N2O4. The van der Waals surface area contributed by atoms with Crippen molar-refractivity contribution in [3.63, 3.8) is 0 Å². The number of hydrogen-bond acceptors (Lipinski definition) is 4. The predicted octanol–water partition coefficient (Wildman–Crippen LogP) is 2.69. The van der Waals surface area contributed by atoms with E-state index in [1.165, 1.54) is 25.7 Å². The summed E-state index contributed by atoms with van der Waals surface area (Å²) >= 11 is 0. The van der Waals surface area contributed by atoms with E-state index in [-0.39, 0.29) is 18.4 Å². The lowest BCUT2D eigenvalue weighted by molar-refractivity contribution is -0.137. The first-order chi connectivity index (χ1) is 13.2. The van der Waals surface area contributed by atoms with Gasteiger partial charge in [0.05, 0.1) is 13.2 Å². The van der Waals surface area contributed by atoms with Crippen LogP contribution in [0, 0.1) is 17.8 Å². The topological polar surface area (TPSA) is 67.9 Å². The molecule has 3 fully saturated rings. The van der Waals surface area contributed by atoms with E-state index in [0.29, 0.717) is 44.4 Å². The number of amides is 2. The van der Waals surface area contributed by atoms with Gasteiger partial charge in [0.1, 0.15) is 5.75 Å². The van der Waals surface area contributed by atoms with Crippen LogP contribution in [0.25, 0.3) is 0 Å². The Kier molecular flexibility index (Phi) is 5.62. The summed E-state index contributed by atoms with van der Waals surface area (Å²) in [4.78, 5) is 26.2. The van der Waals surface area contributed by atoms with E-state index in [2.05, 4.69) is 5.32 Å². The van der Waals surface area contributed by atoms with E-state index < -0.39 is 0 Å². The molecule has 0 unspecified atom stereocenters. The molecule has 6 heteroatoms. The first-order valence-corrected chi connectivity index (χ1v) is 10.1. The van der Waals surface area contributed by atoms with Gasteiger partial charge in [0.2, 0.25) is 5.91 Å². The van der Waals surface area contributed by atoms with Crippen molar-refractivity contribution >= 4 is 17.5 Å². The number of carbonyl (C=O) groups excluding carboxylic acids is 2. The number of carbonyl (C=O) groups is 2. The lowest BCUT2D eigenvalue weighted by atomic mass is 9.86. The molecule has 3 atom stereocenters. The molecule has 1 saturated heterocycles. The Morgan fingerprint density at radius 2 is 1.89 bits per heavy atom. The number of nitrogens with one attached hydrogen (secondary N) is 1. The summed E-state index contributed by atoms with van der Waals surface area (Å²) in [5.74, 6) is 2.90. The zero-order chi connectivity index (χ0) is 18.6. The first kappa shape index (κ1) is 18.3.